The highest BCUT2D eigenvalue weighted by Gasteiger charge is 2.63. The van der Waals surface area contributed by atoms with Gasteiger partial charge in [-0.3, -0.25) is 14.4 Å². The molecule has 0 radical (unpaired) electrons. The van der Waals surface area contributed by atoms with E-state index in [4.69, 9.17) is 13.8 Å². The van der Waals surface area contributed by atoms with E-state index in [0.29, 0.717) is 6.42 Å². The topological polar surface area (TPSA) is 68.3 Å². The number of carbonyl (C=O) groups excluding carboxylic acids is 1. The van der Waals surface area contributed by atoms with Gasteiger partial charge in [-0.15, -0.1) is 0 Å². The Labute approximate surface area is 152 Å². The lowest BCUT2D eigenvalue weighted by Gasteiger charge is -2.43. The summed E-state index contributed by atoms with van der Waals surface area (Å²) in [5.41, 5.74) is -0.892. The molecule has 0 unspecified atom stereocenters. The van der Waals surface area contributed by atoms with Crippen molar-refractivity contribution in [2.45, 2.75) is 71.9 Å². The zero-order valence-electron chi connectivity index (χ0n) is 17.4. The largest absolute Gasteiger partial charge is 0.444 e. The minimum Gasteiger partial charge on any atom is -0.444 e. The molecule has 25 heavy (non-hydrogen) atoms. The molecular weight excluding hydrogens is 343 g/mol. The lowest BCUT2D eigenvalue weighted by molar-refractivity contribution is -0.00874. The van der Waals surface area contributed by atoms with Crippen molar-refractivity contribution in [2.24, 2.45) is 5.41 Å². The Kier molecular flexibility index (Phi) is 6.44. The van der Waals surface area contributed by atoms with Gasteiger partial charge >= 0.3 is 13.7 Å². The van der Waals surface area contributed by atoms with Crippen LogP contribution in [0.15, 0.2) is 0 Å². The van der Waals surface area contributed by atoms with E-state index >= 15 is 0 Å². The Morgan fingerprint density at radius 2 is 1.64 bits per heavy atom. The van der Waals surface area contributed by atoms with Gasteiger partial charge in [0.25, 0.3) is 0 Å². The first-order valence-corrected chi connectivity index (χ1v) is 10.2. The molecule has 1 fully saturated rings. The number of hydrogen-bond donors (Lipinski definition) is 0. The summed E-state index contributed by atoms with van der Waals surface area (Å²) >= 11 is 0. The van der Waals surface area contributed by atoms with E-state index in [0.717, 1.165) is 0 Å². The average molecular weight is 378 g/mol. The fourth-order valence-electron chi connectivity index (χ4n) is 3.69. The summed E-state index contributed by atoms with van der Waals surface area (Å²) in [5.74, 6) is 0. The molecular formula is C17H35N2O5P. The van der Waals surface area contributed by atoms with Crippen molar-refractivity contribution in [1.29, 1.82) is 0 Å². The van der Waals surface area contributed by atoms with E-state index in [9.17, 15) is 9.36 Å². The second-order valence-corrected chi connectivity index (χ2v) is 11.2. The zero-order valence-corrected chi connectivity index (χ0v) is 18.3. The maximum absolute atomic E-state index is 13.4. The van der Waals surface area contributed by atoms with Gasteiger partial charge in [0.15, 0.2) is 0 Å². The van der Waals surface area contributed by atoms with Crippen LogP contribution < -0.4 is 0 Å². The van der Waals surface area contributed by atoms with Crippen LogP contribution in [0.1, 0.15) is 54.9 Å². The van der Waals surface area contributed by atoms with Gasteiger partial charge in [-0.1, -0.05) is 27.7 Å². The number of hydrogen-bond acceptors (Lipinski definition) is 6. The summed E-state index contributed by atoms with van der Waals surface area (Å²) in [4.78, 5) is 16.5. The Morgan fingerprint density at radius 1 is 1.16 bits per heavy atom. The van der Waals surface area contributed by atoms with E-state index in [1.165, 1.54) is 14.2 Å². The monoisotopic (exact) mass is 378 g/mol. The van der Waals surface area contributed by atoms with Crippen molar-refractivity contribution in [2.75, 3.05) is 27.8 Å². The fraction of sp³-hybridized carbons (Fsp3) is 0.941. The Hall–Kier alpha value is -0.620. The van der Waals surface area contributed by atoms with Crippen LogP contribution in [-0.4, -0.2) is 60.8 Å². The van der Waals surface area contributed by atoms with Crippen molar-refractivity contribution in [3.8, 4) is 0 Å². The molecule has 0 spiro atoms. The first-order valence-electron chi connectivity index (χ1n) is 8.63. The van der Waals surface area contributed by atoms with Crippen LogP contribution in [0.3, 0.4) is 0 Å². The van der Waals surface area contributed by atoms with E-state index in [1.807, 2.05) is 60.4 Å². The number of nitrogens with zero attached hydrogens (tertiary/aromatic N) is 2. The summed E-state index contributed by atoms with van der Waals surface area (Å²) in [6.45, 7) is 13.8. The van der Waals surface area contributed by atoms with E-state index in [-0.39, 0.29) is 18.1 Å². The molecule has 2 atom stereocenters. The van der Waals surface area contributed by atoms with Gasteiger partial charge in [0, 0.05) is 14.2 Å². The fourth-order valence-corrected chi connectivity index (χ4v) is 5.73. The minimum absolute atomic E-state index is 0.218. The maximum atomic E-state index is 13.4. The Balaban J connectivity index is 3.44. The quantitative estimate of drug-likeness (QED) is 0.685. The highest BCUT2D eigenvalue weighted by atomic mass is 31.2. The molecule has 1 rings (SSSR count). The second-order valence-electron chi connectivity index (χ2n) is 8.66. The van der Waals surface area contributed by atoms with Gasteiger partial charge in [-0.05, 0) is 39.7 Å². The van der Waals surface area contributed by atoms with Gasteiger partial charge < -0.3 is 13.8 Å². The summed E-state index contributed by atoms with van der Waals surface area (Å²) in [7, 11) is 1.17. The molecule has 8 heteroatoms. The lowest BCUT2D eigenvalue weighted by atomic mass is 9.91. The number of amides is 1. The second kappa shape index (κ2) is 7.18. The molecule has 7 nitrogen and oxygen atoms in total. The number of rotatable bonds is 4. The third-order valence-electron chi connectivity index (χ3n) is 4.70. The molecule has 1 heterocycles. The third-order valence-corrected chi connectivity index (χ3v) is 7.46. The van der Waals surface area contributed by atoms with Crippen molar-refractivity contribution in [3.63, 3.8) is 0 Å². The molecule has 148 valence electrons. The minimum atomic E-state index is -3.47. The predicted octanol–water partition coefficient (Wildman–Crippen LogP) is 4.13. The average Bonchev–Trinajstić information content (AvgIpc) is 2.79. The smallest absolute Gasteiger partial charge is 0.411 e. The molecule has 0 bridgehead atoms. The zero-order chi connectivity index (χ0) is 19.8. The lowest BCUT2D eigenvalue weighted by Crippen LogP contribution is -2.52. The normalized spacial score (nSPS) is 26.2. The molecule has 1 amide bonds. The first kappa shape index (κ1) is 22.4. The number of ether oxygens (including phenoxy) is 1. The van der Waals surface area contributed by atoms with Crippen LogP contribution >= 0.6 is 7.60 Å². The van der Waals surface area contributed by atoms with Crippen LogP contribution in [0.25, 0.3) is 0 Å². The van der Waals surface area contributed by atoms with E-state index < -0.39 is 24.6 Å². The molecule has 0 N–H and O–H groups in total. The molecule has 0 aliphatic carbocycles. The van der Waals surface area contributed by atoms with Crippen LogP contribution in [0.5, 0.6) is 0 Å². The summed E-state index contributed by atoms with van der Waals surface area (Å²) in [6, 6.07) is 0. The number of carbonyl (C=O) groups is 1. The van der Waals surface area contributed by atoms with Crippen molar-refractivity contribution < 1.29 is 23.1 Å². The molecule has 0 aromatic rings. The molecule has 1 saturated heterocycles. The maximum Gasteiger partial charge on any atom is 0.411 e. The van der Waals surface area contributed by atoms with Crippen molar-refractivity contribution >= 4 is 13.7 Å². The standard InChI is InChI=1S/C17H35N2O5P/c1-11-17(25(21,22-9)23-10)12-19(14(20)24-16(5,6)7)13(18(17)8)15(2,3)4/h13H,11-12H2,1-10H3/t13-,17+/m0/s1. The van der Waals surface area contributed by atoms with Crippen LogP contribution in [0.4, 0.5) is 4.79 Å². The van der Waals surface area contributed by atoms with Crippen molar-refractivity contribution in [3.05, 3.63) is 0 Å². The number of likely N-dealkylation sites (N-methyl/N-ethyl adjacent to an activating group) is 1. The van der Waals surface area contributed by atoms with Crippen LogP contribution in [-0.2, 0) is 18.3 Å². The third kappa shape index (κ3) is 4.05. The SMILES string of the molecule is CC[C@@]1(P(=O)(OC)OC)CN(C(=O)OC(C)(C)C)[C@@H](C(C)(C)C)N1C. The van der Waals surface area contributed by atoms with Gasteiger partial charge in [-0.25, -0.2) is 4.79 Å². The Morgan fingerprint density at radius 3 is 1.96 bits per heavy atom. The molecule has 1 aliphatic heterocycles. The van der Waals surface area contributed by atoms with Gasteiger partial charge in [0.1, 0.15) is 10.9 Å². The van der Waals surface area contributed by atoms with E-state index in [1.54, 1.807) is 4.90 Å². The Bertz CT molecular complexity index is 532. The highest BCUT2D eigenvalue weighted by molar-refractivity contribution is 7.55. The first-order chi connectivity index (χ1) is 11.2. The predicted molar refractivity (Wildman–Crippen MR) is 98.6 cm³/mol. The van der Waals surface area contributed by atoms with Gasteiger partial charge in [0.05, 0.1) is 12.7 Å². The summed E-state index contributed by atoms with van der Waals surface area (Å²) in [5, 5.41) is -0.925. The van der Waals surface area contributed by atoms with Gasteiger partial charge in [-0.2, -0.15) is 0 Å². The summed E-state index contributed by atoms with van der Waals surface area (Å²) in [6.07, 6.45) is -0.219. The van der Waals surface area contributed by atoms with Crippen LogP contribution in [0, 0.1) is 5.41 Å². The molecule has 0 saturated carbocycles. The van der Waals surface area contributed by atoms with Crippen molar-refractivity contribution in [1.82, 2.24) is 9.80 Å². The van der Waals surface area contributed by atoms with Gasteiger partial charge in [0.2, 0.25) is 0 Å². The molecule has 0 aromatic heterocycles. The highest BCUT2D eigenvalue weighted by Crippen LogP contribution is 2.65. The van der Waals surface area contributed by atoms with Crippen LogP contribution in [0.2, 0.25) is 0 Å². The van der Waals surface area contributed by atoms with E-state index in [2.05, 4.69) is 0 Å². The molecule has 0 aromatic carbocycles. The summed E-state index contributed by atoms with van der Waals surface area (Å²) < 4.78 is 29.7. The molecule has 1 aliphatic rings.